The molecule has 0 aromatic heterocycles. The molecule has 146 valence electrons. The first-order chi connectivity index (χ1) is 12.3. The summed E-state index contributed by atoms with van der Waals surface area (Å²) in [7, 11) is 0. The molecule has 2 heterocycles. The number of nitrogens with one attached hydrogen (secondary N) is 1. The maximum atomic E-state index is 12.9. The Morgan fingerprint density at radius 2 is 1.92 bits per heavy atom. The van der Waals surface area contributed by atoms with E-state index in [0.29, 0.717) is 38.8 Å². The molecule has 3 rings (SSSR count). The monoisotopic (exact) mass is 365 g/mol. The van der Waals surface area contributed by atoms with Gasteiger partial charge < -0.3 is 20.2 Å². The van der Waals surface area contributed by atoms with Crippen LogP contribution < -0.4 is 5.32 Å². The largest absolute Gasteiger partial charge is 0.391 e. The van der Waals surface area contributed by atoms with Crippen LogP contribution in [-0.2, 0) is 14.4 Å². The van der Waals surface area contributed by atoms with Gasteiger partial charge in [-0.1, -0.05) is 6.92 Å². The van der Waals surface area contributed by atoms with Crippen molar-refractivity contribution in [3.63, 3.8) is 0 Å². The summed E-state index contributed by atoms with van der Waals surface area (Å²) in [6, 6.07) is -0.509. The zero-order chi connectivity index (χ0) is 18.9. The van der Waals surface area contributed by atoms with Crippen LogP contribution in [0.1, 0.15) is 58.8 Å². The summed E-state index contributed by atoms with van der Waals surface area (Å²) in [5, 5.41) is 13.4. The number of rotatable bonds is 4. The second kappa shape index (κ2) is 7.55. The van der Waals surface area contributed by atoms with Gasteiger partial charge in [0.1, 0.15) is 6.04 Å². The van der Waals surface area contributed by atoms with Gasteiger partial charge in [0, 0.05) is 39.0 Å². The van der Waals surface area contributed by atoms with Crippen molar-refractivity contribution in [1.29, 1.82) is 0 Å². The van der Waals surface area contributed by atoms with Crippen molar-refractivity contribution in [2.24, 2.45) is 5.41 Å². The third kappa shape index (κ3) is 4.55. The number of β-amino-alcohol motifs (C(OH)–C–C–N with tert-alkyl or cyclic N) is 1. The molecule has 2 saturated heterocycles. The second-order valence-electron chi connectivity index (χ2n) is 8.58. The van der Waals surface area contributed by atoms with Crippen molar-refractivity contribution < 1.29 is 19.5 Å². The number of hydrogen-bond acceptors (Lipinski definition) is 4. The zero-order valence-corrected chi connectivity index (χ0v) is 15.9. The Morgan fingerprint density at radius 3 is 2.58 bits per heavy atom. The SMILES string of the molecule is CC(=O)N1CCC[C@@H]1C(=O)N1CC[C@H](NC(=O)CC2(C)CC2)C[C@H](O)C1. The Balaban J connectivity index is 1.55. The van der Waals surface area contributed by atoms with Crippen LogP contribution in [0.3, 0.4) is 0 Å². The number of carbonyl (C=O) groups excluding carboxylic acids is 3. The van der Waals surface area contributed by atoms with Gasteiger partial charge in [0.05, 0.1) is 6.10 Å². The van der Waals surface area contributed by atoms with E-state index in [-0.39, 0.29) is 35.7 Å². The van der Waals surface area contributed by atoms with E-state index in [4.69, 9.17) is 0 Å². The van der Waals surface area contributed by atoms with Crippen LogP contribution in [0.4, 0.5) is 0 Å². The maximum absolute atomic E-state index is 12.9. The lowest BCUT2D eigenvalue weighted by Gasteiger charge is -2.29. The first kappa shape index (κ1) is 19.1. The number of aliphatic hydroxyl groups is 1. The lowest BCUT2D eigenvalue weighted by molar-refractivity contribution is -0.143. The summed E-state index contributed by atoms with van der Waals surface area (Å²) >= 11 is 0. The molecular weight excluding hydrogens is 334 g/mol. The van der Waals surface area contributed by atoms with Crippen LogP contribution in [0.2, 0.25) is 0 Å². The molecule has 3 amide bonds. The average Bonchev–Trinajstić information content (AvgIpc) is 3.12. The number of likely N-dealkylation sites (tertiary alicyclic amines) is 2. The minimum atomic E-state index is -0.657. The Morgan fingerprint density at radius 1 is 1.19 bits per heavy atom. The number of nitrogens with zero attached hydrogens (tertiary/aromatic N) is 2. The molecule has 0 aromatic rings. The standard InChI is InChI=1S/C19H31N3O4/c1-13(23)22-8-3-4-16(22)18(26)21-9-5-14(10-15(24)12-21)20-17(25)11-19(2)6-7-19/h14-16,24H,3-12H2,1-2H3,(H,20,25)/t14-,15-,16+/m0/s1. The van der Waals surface area contributed by atoms with Crippen molar-refractivity contribution in [2.75, 3.05) is 19.6 Å². The van der Waals surface area contributed by atoms with Gasteiger partial charge in [-0.3, -0.25) is 14.4 Å². The average molecular weight is 365 g/mol. The van der Waals surface area contributed by atoms with Crippen molar-refractivity contribution in [2.45, 2.75) is 77.0 Å². The summed E-state index contributed by atoms with van der Waals surface area (Å²) in [4.78, 5) is 40.1. The van der Waals surface area contributed by atoms with Crippen molar-refractivity contribution in [1.82, 2.24) is 15.1 Å². The molecule has 1 aliphatic carbocycles. The Kier molecular flexibility index (Phi) is 5.55. The zero-order valence-electron chi connectivity index (χ0n) is 15.9. The molecule has 3 fully saturated rings. The Hall–Kier alpha value is -1.63. The first-order valence-corrected chi connectivity index (χ1v) is 9.81. The molecule has 0 bridgehead atoms. The van der Waals surface area contributed by atoms with E-state index < -0.39 is 12.1 Å². The van der Waals surface area contributed by atoms with Crippen molar-refractivity contribution >= 4 is 17.7 Å². The molecular formula is C19H31N3O4. The second-order valence-corrected chi connectivity index (χ2v) is 8.58. The Bertz CT molecular complexity index is 575. The molecule has 7 nitrogen and oxygen atoms in total. The summed E-state index contributed by atoms with van der Waals surface area (Å²) < 4.78 is 0. The summed E-state index contributed by atoms with van der Waals surface area (Å²) in [5.41, 5.74) is 0.161. The lowest BCUT2D eigenvalue weighted by Crippen LogP contribution is -2.48. The quantitative estimate of drug-likeness (QED) is 0.766. The van der Waals surface area contributed by atoms with E-state index in [1.54, 1.807) is 9.80 Å². The van der Waals surface area contributed by atoms with E-state index >= 15 is 0 Å². The third-order valence-corrected chi connectivity index (χ3v) is 6.05. The topological polar surface area (TPSA) is 90.0 Å². The predicted molar refractivity (Wildman–Crippen MR) is 96.1 cm³/mol. The smallest absolute Gasteiger partial charge is 0.245 e. The summed E-state index contributed by atoms with van der Waals surface area (Å²) in [6.45, 7) is 5.01. The van der Waals surface area contributed by atoms with Gasteiger partial charge in [0.25, 0.3) is 0 Å². The molecule has 7 heteroatoms. The molecule has 0 unspecified atom stereocenters. The molecule has 2 N–H and O–H groups in total. The van der Waals surface area contributed by atoms with E-state index in [9.17, 15) is 19.5 Å². The minimum Gasteiger partial charge on any atom is -0.391 e. The van der Waals surface area contributed by atoms with Gasteiger partial charge in [-0.15, -0.1) is 0 Å². The van der Waals surface area contributed by atoms with Gasteiger partial charge in [-0.25, -0.2) is 0 Å². The Labute approximate surface area is 155 Å². The number of hydrogen-bond donors (Lipinski definition) is 2. The molecule has 0 spiro atoms. The van der Waals surface area contributed by atoms with Gasteiger partial charge >= 0.3 is 0 Å². The van der Waals surface area contributed by atoms with Crippen LogP contribution in [0.15, 0.2) is 0 Å². The molecule has 3 aliphatic rings. The van der Waals surface area contributed by atoms with Crippen LogP contribution in [0, 0.1) is 5.41 Å². The van der Waals surface area contributed by atoms with Crippen LogP contribution in [0.25, 0.3) is 0 Å². The van der Waals surface area contributed by atoms with E-state index in [0.717, 1.165) is 19.3 Å². The minimum absolute atomic E-state index is 0.0422. The molecule has 2 aliphatic heterocycles. The fraction of sp³-hybridized carbons (Fsp3) is 0.842. The molecule has 26 heavy (non-hydrogen) atoms. The first-order valence-electron chi connectivity index (χ1n) is 9.81. The van der Waals surface area contributed by atoms with Crippen molar-refractivity contribution in [3.8, 4) is 0 Å². The third-order valence-electron chi connectivity index (χ3n) is 6.05. The van der Waals surface area contributed by atoms with Crippen LogP contribution >= 0.6 is 0 Å². The lowest BCUT2D eigenvalue weighted by atomic mass is 10.0. The van der Waals surface area contributed by atoms with E-state index in [2.05, 4.69) is 12.2 Å². The summed E-state index contributed by atoms with van der Waals surface area (Å²) in [6.07, 6.45) is 4.71. The highest BCUT2D eigenvalue weighted by atomic mass is 16.3. The van der Waals surface area contributed by atoms with Crippen LogP contribution in [0.5, 0.6) is 0 Å². The maximum Gasteiger partial charge on any atom is 0.245 e. The predicted octanol–water partition coefficient (Wildman–Crippen LogP) is 0.656. The van der Waals surface area contributed by atoms with Gasteiger partial charge in [-0.2, -0.15) is 0 Å². The van der Waals surface area contributed by atoms with E-state index in [1.165, 1.54) is 6.92 Å². The number of amides is 3. The molecule has 3 atom stereocenters. The molecule has 0 aromatic carbocycles. The van der Waals surface area contributed by atoms with E-state index in [1.807, 2.05) is 0 Å². The molecule has 1 saturated carbocycles. The van der Waals surface area contributed by atoms with Gasteiger partial charge in [-0.05, 0) is 43.9 Å². The highest BCUT2D eigenvalue weighted by Gasteiger charge is 2.40. The molecule has 0 radical (unpaired) electrons. The number of aliphatic hydroxyl groups excluding tert-OH is 1. The fourth-order valence-corrected chi connectivity index (χ4v) is 4.18. The number of carbonyl (C=O) groups is 3. The highest BCUT2D eigenvalue weighted by Crippen LogP contribution is 2.48. The highest BCUT2D eigenvalue weighted by molar-refractivity contribution is 5.87. The van der Waals surface area contributed by atoms with Crippen molar-refractivity contribution in [3.05, 3.63) is 0 Å². The van der Waals surface area contributed by atoms with Crippen LogP contribution in [-0.4, -0.2) is 70.4 Å². The van der Waals surface area contributed by atoms with Gasteiger partial charge in [0.15, 0.2) is 0 Å². The fourth-order valence-electron chi connectivity index (χ4n) is 4.18. The summed E-state index contributed by atoms with van der Waals surface area (Å²) in [5.74, 6) is -0.107. The van der Waals surface area contributed by atoms with Gasteiger partial charge in [0.2, 0.25) is 17.7 Å². The normalized spacial score (nSPS) is 30.7.